The first-order valence-corrected chi connectivity index (χ1v) is 9.94. The zero-order valence-corrected chi connectivity index (χ0v) is 17.3. The number of hydrogen-bond acceptors (Lipinski definition) is 7. The molecule has 0 saturated heterocycles. The summed E-state index contributed by atoms with van der Waals surface area (Å²) in [7, 11) is 0. The zero-order chi connectivity index (χ0) is 23.2. The van der Waals surface area contributed by atoms with Gasteiger partial charge in [-0.15, -0.1) is 0 Å². The van der Waals surface area contributed by atoms with Gasteiger partial charge < -0.3 is 5.11 Å². The van der Waals surface area contributed by atoms with Crippen LogP contribution in [0.1, 0.15) is 12.5 Å². The van der Waals surface area contributed by atoms with Crippen molar-refractivity contribution in [3.8, 4) is 5.88 Å². The molecule has 2 aliphatic rings. The lowest BCUT2D eigenvalue weighted by Crippen LogP contribution is -2.42. The average molecular weight is 449 g/mol. The van der Waals surface area contributed by atoms with Crippen LogP contribution in [0.5, 0.6) is 5.88 Å². The van der Waals surface area contributed by atoms with Gasteiger partial charge in [-0.05, 0) is 43.4 Å². The largest absolute Gasteiger partial charge is 0.493 e. The van der Waals surface area contributed by atoms with Crippen LogP contribution in [-0.4, -0.2) is 48.6 Å². The Kier molecular flexibility index (Phi) is 4.73. The number of aromatic hydroxyl groups is 1. The molecule has 0 spiro atoms. The van der Waals surface area contributed by atoms with Crippen LogP contribution in [0.25, 0.3) is 10.9 Å². The number of pyridine rings is 1. The molecule has 0 unspecified atom stereocenters. The topological polar surface area (TPSA) is 111 Å². The summed E-state index contributed by atoms with van der Waals surface area (Å²) in [4.78, 5) is 22.2. The predicted octanol–water partition coefficient (Wildman–Crippen LogP) is 2.97. The van der Waals surface area contributed by atoms with Crippen LogP contribution in [0.15, 0.2) is 86.6 Å². The van der Waals surface area contributed by atoms with Gasteiger partial charge in [-0.1, -0.05) is 12.1 Å². The van der Waals surface area contributed by atoms with Gasteiger partial charge in [-0.2, -0.15) is 23.7 Å². The van der Waals surface area contributed by atoms with Crippen molar-refractivity contribution in [1.82, 2.24) is 19.7 Å². The van der Waals surface area contributed by atoms with Gasteiger partial charge in [-0.3, -0.25) is 15.0 Å². The SMILES string of the molecule is CC(=Nn1cc(O)[nH]c1=O)C1=NN2C(=CCN=C2C(F)(F)c2ccc3ncccc3c2)C=C1. The van der Waals surface area contributed by atoms with Crippen molar-refractivity contribution >= 4 is 28.2 Å². The molecule has 0 fully saturated rings. The van der Waals surface area contributed by atoms with Gasteiger partial charge in [0.1, 0.15) is 5.71 Å². The van der Waals surface area contributed by atoms with E-state index in [-0.39, 0.29) is 29.4 Å². The predicted molar refractivity (Wildman–Crippen MR) is 120 cm³/mol. The second-order valence-electron chi connectivity index (χ2n) is 7.38. The molecule has 166 valence electrons. The number of aliphatic imine (C=N–C) groups is 1. The zero-order valence-electron chi connectivity index (χ0n) is 17.3. The molecular formula is C22H17F2N7O2. The van der Waals surface area contributed by atoms with Gasteiger partial charge >= 0.3 is 11.6 Å². The number of allylic oxidation sites excluding steroid dienone is 2. The minimum atomic E-state index is -3.43. The third-order valence-electron chi connectivity index (χ3n) is 5.17. The lowest BCUT2D eigenvalue weighted by molar-refractivity contribution is 0.0623. The standard InChI is InChI=1S/C22H17F2N7O2/c1-13(28-30-12-19(32)27-21(30)33)17-7-5-16-8-10-26-20(31(16)29-17)22(23,24)15-4-6-18-14(11-15)3-2-9-25-18/h2-9,11-12,32H,10H2,1H3,(H,27,33). The van der Waals surface area contributed by atoms with E-state index in [1.165, 1.54) is 12.1 Å². The molecule has 0 saturated carbocycles. The molecule has 1 aromatic carbocycles. The molecule has 0 amide bonds. The molecule has 0 aliphatic carbocycles. The van der Waals surface area contributed by atoms with Crippen LogP contribution in [-0.2, 0) is 5.92 Å². The summed E-state index contributed by atoms with van der Waals surface area (Å²) in [6.45, 7) is 1.66. The Balaban J connectivity index is 1.52. The van der Waals surface area contributed by atoms with E-state index in [1.807, 2.05) is 0 Å². The Morgan fingerprint density at radius 1 is 1.27 bits per heavy atom. The van der Waals surface area contributed by atoms with Crippen LogP contribution in [0.3, 0.4) is 0 Å². The van der Waals surface area contributed by atoms with Crippen LogP contribution in [0, 0.1) is 0 Å². The molecule has 2 aromatic heterocycles. The number of nitrogens with zero attached hydrogens (tertiary/aromatic N) is 6. The Bertz CT molecular complexity index is 1480. The minimum absolute atomic E-state index is 0.0895. The molecule has 4 heterocycles. The summed E-state index contributed by atoms with van der Waals surface area (Å²) >= 11 is 0. The number of aromatic nitrogens is 3. The fourth-order valence-corrected chi connectivity index (χ4v) is 3.54. The second kappa shape index (κ2) is 7.62. The maximum absolute atomic E-state index is 15.7. The highest BCUT2D eigenvalue weighted by molar-refractivity contribution is 6.46. The molecule has 33 heavy (non-hydrogen) atoms. The number of benzene rings is 1. The van der Waals surface area contributed by atoms with Crippen molar-refractivity contribution in [3.05, 3.63) is 82.7 Å². The van der Waals surface area contributed by atoms with Crippen molar-refractivity contribution in [1.29, 1.82) is 0 Å². The van der Waals surface area contributed by atoms with E-state index in [2.05, 4.69) is 25.2 Å². The number of imidazole rings is 1. The number of amidine groups is 1. The molecule has 2 N–H and O–H groups in total. The molecule has 9 nitrogen and oxygen atoms in total. The monoisotopic (exact) mass is 449 g/mol. The molecule has 5 rings (SSSR count). The number of rotatable bonds is 4. The smallest absolute Gasteiger partial charge is 0.349 e. The van der Waals surface area contributed by atoms with E-state index < -0.39 is 17.4 Å². The number of halogens is 2. The van der Waals surface area contributed by atoms with E-state index in [0.29, 0.717) is 16.6 Å². The van der Waals surface area contributed by atoms with Gasteiger partial charge in [0.15, 0.2) is 0 Å². The molecule has 3 aromatic rings. The highest BCUT2D eigenvalue weighted by atomic mass is 19.3. The summed E-state index contributed by atoms with van der Waals surface area (Å²) in [5.41, 5.74) is 0.723. The van der Waals surface area contributed by atoms with Crippen molar-refractivity contribution in [2.45, 2.75) is 12.8 Å². The van der Waals surface area contributed by atoms with Crippen molar-refractivity contribution in [3.63, 3.8) is 0 Å². The minimum Gasteiger partial charge on any atom is -0.493 e. The molecule has 11 heteroatoms. The summed E-state index contributed by atoms with van der Waals surface area (Å²) in [5, 5.41) is 19.5. The molecule has 0 bridgehead atoms. The maximum Gasteiger partial charge on any atom is 0.349 e. The Labute approximate surface area is 185 Å². The third-order valence-corrected chi connectivity index (χ3v) is 5.17. The molecule has 0 atom stereocenters. The summed E-state index contributed by atoms with van der Waals surface area (Å²) in [5.74, 6) is -4.30. The fourth-order valence-electron chi connectivity index (χ4n) is 3.54. The summed E-state index contributed by atoms with van der Waals surface area (Å²) in [6, 6.07) is 7.68. The third kappa shape index (κ3) is 3.63. The number of aromatic amines is 1. The van der Waals surface area contributed by atoms with Crippen LogP contribution in [0.2, 0.25) is 0 Å². The Morgan fingerprint density at radius 2 is 2.12 bits per heavy atom. The van der Waals surface area contributed by atoms with E-state index in [0.717, 1.165) is 15.9 Å². The normalized spacial score (nSPS) is 16.4. The van der Waals surface area contributed by atoms with Gasteiger partial charge in [0.05, 0.1) is 29.7 Å². The number of alkyl halides is 2. The first-order chi connectivity index (χ1) is 15.8. The van der Waals surface area contributed by atoms with E-state index >= 15 is 8.78 Å². The summed E-state index contributed by atoms with van der Waals surface area (Å²) < 4.78 is 32.2. The van der Waals surface area contributed by atoms with Gasteiger partial charge in [-0.25, -0.2) is 9.80 Å². The Morgan fingerprint density at radius 3 is 2.91 bits per heavy atom. The van der Waals surface area contributed by atoms with Crippen LogP contribution < -0.4 is 5.69 Å². The first-order valence-electron chi connectivity index (χ1n) is 9.94. The highest BCUT2D eigenvalue weighted by Gasteiger charge is 2.44. The highest BCUT2D eigenvalue weighted by Crippen LogP contribution is 2.36. The lowest BCUT2D eigenvalue weighted by Gasteiger charge is -2.32. The number of hydrogen-bond donors (Lipinski definition) is 2. The number of fused-ring (bicyclic) bond motifs is 2. The number of hydrazone groups is 1. The van der Waals surface area contributed by atoms with Gasteiger partial charge in [0, 0.05) is 17.1 Å². The lowest BCUT2D eigenvalue weighted by atomic mass is 10.0. The Hall–Kier alpha value is -4.41. The number of nitrogens with one attached hydrogen (secondary N) is 1. The van der Waals surface area contributed by atoms with E-state index in [4.69, 9.17) is 0 Å². The molecular weight excluding hydrogens is 432 g/mol. The van der Waals surface area contributed by atoms with Crippen molar-refractivity contribution < 1.29 is 13.9 Å². The van der Waals surface area contributed by atoms with Gasteiger partial charge in [0.25, 0.3) is 0 Å². The molecule has 2 aliphatic heterocycles. The number of H-pyrrole nitrogens is 1. The summed E-state index contributed by atoms with van der Waals surface area (Å²) in [6.07, 6.45) is 7.63. The molecule has 0 radical (unpaired) electrons. The van der Waals surface area contributed by atoms with Crippen LogP contribution in [0.4, 0.5) is 8.78 Å². The van der Waals surface area contributed by atoms with Gasteiger partial charge in [0.2, 0.25) is 11.7 Å². The van der Waals surface area contributed by atoms with Crippen molar-refractivity contribution in [2.24, 2.45) is 15.2 Å². The quantitative estimate of drug-likeness (QED) is 0.597. The first kappa shape index (κ1) is 20.5. The van der Waals surface area contributed by atoms with E-state index in [9.17, 15) is 9.90 Å². The maximum atomic E-state index is 15.7. The van der Waals surface area contributed by atoms with Crippen molar-refractivity contribution in [2.75, 3.05) is 6.54 Å². The second-order valence-corrected chi connectivity index (χ2v) is 7.38. The van der Waals surface area contributed by atoms with Crippen LogP contribution >= 0.6 is 0 Å². The fraction of sp³-hybridized carbons (Fsp3) is 0.136. The average Bonchev–Trinajstić information content (AvgIpc) is 3.14. The van der Waals surface area contributed by atoms with E-state index in [1.54, 1.807) is 49.5 Å².